The summed E-state index contributed by atoms with van der Waals surface area (Å²) in [6.07, 6.45) is 0.862. The average Bonchev–Trinajstić information content (AvgIpc) is 3.62. The van der Waals surface area contributed by atoms with Gasteiger partial charge in [-0.25, -0.2) is 0 Å². The molecule has 2 amide bonds. The van der Waals surface area contributed by atoms with E-state index < -0.39 is 0 Å². The second-order valence-electron chi connectivity index (χ2n) is 9.92. The minimum atomic E-state index is -0.315. The summed E-state index contributed by atoms with van der Waals surface area (Å²) in [5.74, 6) is 0.780. The molecule has 1 N–H and O–H groups in total. The number of thioether (sulfide) groups is 1. The van der Waals surface area contributed by atoms with Gasteiger partial charge in [0.05, 0.1) is 36.8 Å². The molecule has 2 aromatic carbocycles. The van der Waals surface area contributed by atoms with E-state index in [-0.39, 0.29) is 57.4 Å². The van der Waals surface area contributed by atoms with Crippen LogP contribution in [0.1, 0.15) is 22.8 Å². The van der Waals surface area contributed by atoms with Gasteiger partial charge in [0.15, 0.2) is 11.5 Å². The average molecular weight is 521 g/mol. The predicted molar refractivity (Wildman–Crippen MR) is 137 cm³/mol. The van der Waals surface area contributed by atoms with Crippen LogP contribution in [0.3, 0.4) is 0 Å². The smallest absolute Gasteiger partial charge is 0.305 e. The van der Waals surface area contributed by atoms with Crippen LogP contribution in [0.5, 0.6) is 11.5 Å². The van der Waals surface area contributed by atoms with Crippen LogP contribution in [0.15, 0.2) is 58.4 Å². The van der Waals surface area contributed by atoms with Gasteiger partial charge in [-0.05, 0) is 54.0 Å². The largest absolute Gasteiger partial charge is 0.493 e. The van der Waals surface area contributed by atoms with Crippen molar-refractivity contribution in [3.05, 3.63) is 68.6 Å². The Bertz CT molecular complexity index is 1450. The lowest BCUT2D eigenvalue weighted by Gasteiger charge is -2.43. The number of nitrogens with one attached hydrogen (secondary N) is 1. The number of anilines is 1. The van der Waals surface area contributed by atoms with E-state index in [2.05, 4.69) is 4.98 Å². The lowest BCUT2D eigenvalue weighted by molar-refractivity contribution is -0.123. The van der Waals surface area contributed by atoms with Crippen molar-refractivity contribution >= 4 is 40.6 Å². The molecule has 9 heteroatoms. The summed E-state index contributed by atoms with van der Waals surface area (Å²) < 4.78 is 11.1. The first-order chi connectivity index (χ1) is 17.5. The summed E-state index contributed by atoms with van der Waals surface area (Å²) >= 11 is 2.94. The maximum absolute atomic E-state index is 13.7. The molecule has 3 fully saturated rings. The van der Waals surface area contributed by atoms with Crippen LogP contribution in [0.2, 0.25) is 0 Å². The molecule has 4 aliphatic rings. The van der Waals surface area contributed by atoms with E-state index in [1.807, 2.05) is 48.5 Å². The highest BCUT2D eigenvalue weighted by molar-refractivity contribution is 8.00. The molecule has 2 aliphatic carbocycles. The van der Waals surface area contributed by atoms with Gasteiger partial charge >= 0.3 is 4.87 Å². The van der Waals surface area contributed by atoms with E-state index in [4.69, 9.17) is 9.47 Å². The van der Waals surface area contributed by atoms with E-state index in [0.29, 0.717) is 17.2 Å². The fraction of sp³-hybridized carbons (Fsp3) is 0.370. The number of hydrogen-bond acceptors (Lipinski definition) is 7. The van der Waals surface area contributed by atoms with Gasteiger partial charge < -0.3 is 14.5 Å². The number of carbonyl (C=O) groups is 2. The van der Waals surface area contributed by atoms with Gasteiger partial charge in [-0.1, -0.05) is 35.6 Å². The summed E-state index contributed by atoms with van der Waals surface area (Å²) in [6.45, 7) is 0. The lowest BCUT2D eigenvalue weighted by Crippen LogP contribution is -2.42. The minimum absolute atomic E-state index is 0.0559. The summed E-state index contributed by atoms with van der Waals surface area (Å²) in [7, 11) is 3.22. The molecule has 36 heavy (non-hydrogen) atoms. The first-order valence-corrected chi connectivity index (χ1v) is 13.8. The molecule has 1 aromatic heterocycles. The lowest BCUT2D eigenvalue weighted by atomic mass is 9.68. The third-order valence-electron chi connectivity index (χ3n) is 8.51. The number of thiazole rings is 1. The van der Waals surface area contributed by atoms with Crippen molar-refractivity contribution in [1.82, 2.24) is 4.98 Å². The van der Waals surface area contributed by atoms with E-state index in [1.54, 1.807) is 26.0 Å². The molecular formula is C27H24N2O5S2. The van der Waals surface area contributed by atoms with E-state index in [1.165, 1.54) is 16.2 Å². The normalized spacial score (nSPS) is 31.8. The molecule has 184 valence electrons. The number of aromatic nitrogens is 1. The minimum Gasteiger partial charge on any atom is -0.493 e. The van der Waals surface area contributed by atoms with Gasteiger partial charge in [-0.2, -0.15) is 0 Å². The third-order valence-corrected chi connectivity index (χ3v) is 11.1. The summed E-state index contributed by atoms with van der Waals surface area (Å²) in [4.78, 5) is 45.2. The van der Waals surface area contributed by atoms with Crippen LogP contribution in [0, 0.1) is 29.6 Å². The molecule has 7 nitrogen and oxygen atoms in total. The second-order valence-corrected chi connectivity index (χ2v) is 12.1. The Balaban J connectivity index is 1.34. The van der Waals surface area contributed by atoms with Crippen molar-refractivity contribution < 1.29 is 19.1 Å². The van der Waals surface area contributed by atoms with Crippen molar-refractivity contribution in [3.63, 3.8) is 0 Å². The number of fused-ring (bicyclic) bond motifs is 9. The zero-order valence-corrected chi connectivity index (χ0v) is 21.3. The van der Waals surface area contributed by atoms with Crippen molar-refractivity contribution in [3.8, 4) is 11.5 Å². The van der Waals surface area contributed by atoms with Gasteiger partial charge in [0.1, 0.15) is 0 Å². The highest BCUT2D eigenvalue weighted by Crippen LogP contribution is 2.68. The number of methoxy groups -OCH3 is 2. The molecule has 3 aromatic rings. The van der Waals surface area contributed by atoms with Gasteiger partial charge in [0.2, 0.25) is 11.8 Å². The number of aromatic amines is 1. The van der Waals surface area contributed by atoms with Gasteiger partial charge in [0, 0.05) is 16.0 Å². The van der Waals surface area contributed by atoms with Crippen LogP contribution in [-0.4, -0.2) is 36.3 Å². The first-order valence-electron chi connectivity index (χ1n) is 12.1. The number of rotatable bonds is 4. The van der Waals surface area contributed by atoms with Crippen molar-refractivity contribution in [2.24, 2.45) is 29.6 Å². The Hall–Kier alpha value is -3.04. The molecule has 0 spiro atoms. The maximum Gasteiger partial charge on any atom is 0.305 e. The highest BCUT2D eigenvalue weighted by atomic mass is 32.2. The number of benzene rings is 2. The zero-order valence-electron chi connectivity index (χ0n) is 19.7. The quantitative estimate of drug-likeness (QED) is 0.521. The number of nitrogens with zero attached hydrogens (tertiary/aromatic N) is 1. The Morgan fingerprint density at radius 3 is 2.36 bits per heavy atom. The van der Waals surface area contributed by atoms with E-state index in [0.717, 1.165) is 21.9 Å². The topological polar surface area (TPSA) is 88.7 Å². The van der Waals surface area contributed by atoms with Gasteiger partial charge in [0.25, 0.3) is 0 Å². The molecule has 0 unspecified atom stereocenters. The van der Waals surface area contributed by atoms with Crippen LogP contribution in [0.25, 0.3) is 0 Å². The number of para-hydroxylation sites is 1. The van der Waals surface area contributed by atoms with Crippen LogP contribution in [0.4, 0.5) is 5.69 Å². The molecule has 2 bridgehead atoms. The maximum atomic E-state index is 13.7. The summed E-state index contributed by atoms with van der Waals surface area (Å²) in [6, 6.07) is 15.2. The Morgan fingerprint density at radius 1 is 0.917 bits per heavy atom. The third kappa shape index (κ3) is 2.90. The van der Waals surface area contributed by atoms with Crippen molar-refractivity contribution in [1.29, 1.82) is 0 Å². The molecule has 0 radical (unpaired) electrons. The standard InChI is InChI=1S/C27H24N2O5S2/c1-33-16-9-8-12(10-17(16)34-2)18-19-14-11-15(22(19)35-24-23(18)36-27(32)28-24)21-20(14)25(30)29(26(21)31)13-6-4-3-5-7-13/h3-10,14-15,18-22H,11H2,1-2H3,(H,28,32)/t14-,15+,18+,19+,20+,21-,22-/m1/s1. The highest BCUT2D eigenvalue weighted by Gasteiger charge is 2.69. The predicted octanol–water partition coefficient (Wildman–Crippen LogP) is 4.13. The second kappa shape index (κ2) is 7.98. The first kappa shape index (κ1) is 22.2. The van der Waals surface area contributed by atoms with Crippen LogP contribution in [-0.2, 0) is 9.59 Å². The number of imide groups is 1. The van der Waals surface area contributed by atoms with E-state index in [9.17, 15) is 14.4 Å². The summed E-state index contributed by atoms with van der Waals surface area (Å²) in [5.41, 5.74) is 1.69. The molecular weight excluding hydrogens is 496 g/mol. The molecule has 2 aliphatic heterocycles. The summed E-state index contributed by atoms with van der Waals surface area (Å²) in [5, 5.41) is 1.05. The number of amides is 2. The van der Waals surface area contributed by atoms with Crippen LogP contribution >= 0.6 is 23.1 Å². The van der Waals surface area contributed by atoms with Crippen LogP contribution < -0.4 is 19.2 Å². The molecule has 2 saturated carbocycles. The Morgan fingerprint density at radius 2 is 1.64 bits per heavy atom. The number of hydrogen-bond donors (Lipinski definition) is 1. The fourth-order valence-corrected chi connectivity index (χ4v) is 10.2. The molecule has 1 saturated heterocycles. The van der Waals surface area contributed by atoms with E-state index >= 15 is 0 Å². The van der Waals surface area contributed by atoms with Gasteiger partial charge in [-0.15, -0.1) is 11.8 Å². The van der Waals surface area contributed by atoms with Crippen molar-refractivity contribution in [2.45, 2.75) is 22.6 Å². The fourth-order valence-electron chi connectivity index (χ4n) is 7.27. The molecule has 7 rings (SSSR count). The Labute approximate surface area is 215 Å². The monoisotopic (exact) mass is 520 g/mol. The molecule has 3 heterocycles. The van der Waals surface area contributed by atoms with Gasteiger partial charge in [-0.3, -0.25) is 19.3 Å². The molecule has 7 atom stereocenters. The SMILES string of the molecule is COc1ccc([C@@H]2c3sc(=O)[nH]c3S[C@@H]3[C@H]4C[C@@H]([C@@H]5C(=O)N(c6ccccc6)C(=O)[C@H]45)[C@@H]23)cc1OC. The zero-order chi connectivity index (χ0) is 24.7. The number of carbonyl (C=O) groups excluding carboxylic acids is 2. The van der Waals surface area contributed by atoms with Crippen molar-refractivity contribution in [2.75, 3.05) is 19.1 Å². The Kier molecular flexibility index (Phi) is 4.92. The number of H-pyrrole nitrogens is 1. The number of ether oxygens (including phenoxy) is 2.